The Kier molecular flexibility index (Phi) is 2.03. The Morgan fingerprint density at radius 2 is 2.19 bits per heavy atom. The third kappa shape index (κ3) is 1.34. The lowest BCUT2D eigenvalue weighted by molar-refractivity contribution is 0.265. The molecule has 2 heterocycles. The van der Waals surface area contributed by atoms with Gasteiger partial charge in [0, 0.05) is 5.56 Å². The number of phenolic OH excluding ortho intramolecular Hbond substituents is 1. The van der Waals surface area contributed by atoms with E-state index in [4.69, 9.17) is 0 Å². The molecular weight excluding hydrogens is 226 g/mol. The largest absolute Gasteiger partial charge is 0.508 e. The Morgan fingerprint density at radius 3 is 3.00 bits per heavy atom. The molecule has 2 atom stereocenters. The van der Waals surface area contributed by atoms with Crippen LogP contribution in [0.2, 0.25) is 0 Å². The number of nitrogens with one attached hydrogen (secondary N) is 2. The average Bonchev–Trinajstić information content (AvgIpc) is 2.78. The minimum absolute atomic E-state index is 0.0687. The molecule has 0 saturated carbocycles. The Morgan fingerprint density at radius 1 is 1.38 bits per heavy atom. The summed E-state index contributed by atoms with van der Waals surface area (Å²) in [5.41, 5.74) is 3.69. The van der Waals surface area contributed by atoms with Crippen molar-refractivity contribution in [1.29, 1.82) is 0 Å². The van der Waals surface area contributed by atoms with Crippen LogP contribution in [0, 0.1) is 0 Å². The van der Waals surface area contributed by atoms with Crippen molar-refractivity contribution in [3.63, 3.8) is 0 Å². The van der Waals surface area contributed by atoms with E-state index in [1.807, 2.05) is 12.1 Å². The Balaban J connectivity index is 1.94. The fraction of sp³-hybridized carbons (Fsp3) is 0.200. The second-order valence-electron chi connectivity index (χ2n) is 3.61. The summed E-state index contributed by atoms with van der Waals surface area (Å²) in [6, 6.07) is 6.92. The highest BCUT2D eigenvalue weighted by Gasteiger charge is 2.41. The molecule has 1 saturated heterocycles. The third-order valence-corrected chi connectivity index (χ3v) is 3.70. The van der Waals surface area contributed by atoms with Crippen molar-refractivity contribution in [3.05, 3.63) is 29.8 Å². The van der Waals surface area contributed by atoms with Crippen molar-refractivity contribution in [2.75, 3.05) is 0 Å². The van der Waals surface area contributed by atoms with E-state index >= 15 is 0 Å². The smallest absolute Gasteiger partial charge is 0.285 e. The topological polar surface area (TPSA) is 73.7 Å². The number of phenols is 1. The van der Waals surface area contributed by atoms with Gasteiger partial charge in [-0.3, -0.25) is 10.2 Å². The molecule has 3 N–H and O–H groups in total. The number of hydrogen-bond acceptors (Lipinski definition) is 5. The van der Waals surface area contributed by atoms with Gasteiger partial charge in [-0.15, -0.1) is 0 Å². The molecule has 3 rings (SSSR count). The van der Waals surface area contributed by atoms with Crippen LogP contribution in [0.1, 0.15) is 11.6 Å². The summed E-state index contributed by atoms with van der Waals surface area (Å²) in [7, 11) is 0. The van der Waals surface area contributed by atoms with Gasteiger partial charge in [-0.25, -0.2) is 0 Å². The Labute approximate surface area is 95.9 Å². The van der Waals surface area contributed by atoms with E-state index in [0.29, 0.717) is 5.84 Å². The first-order valence-corrected chi connectivity index (χ1v) is 5.72. The van der Waals surface area contributed by atoms with Gasteiger partial charge in [0.25, 0.3) is 5.24 Å². The first kappa shape index (κ1) is 9.53. The van der Waals surface area contributed by atoms with Crippen molar-refractivity contribution in [3.8, 4) is 5.75 Å². The summed E-state index contributed by atoms with van der Waals surface area (Å²) in [6.45, 7) is 0. The summed E-state index contributed by atoms with van der Waals surface area (Å²) < 4.78 is 0. The SMILES string of the molecule is O=C1NC2=NN[C@@H](c3ccccc3O)[C@@H]2S1. The molecule has 6 heteroatoms. The number of amidine groups is 1. The normalized spacial score (nSPS) is 27.0. The number of hydrogen-bond donors (Lipinski definition) is 3. The lowest BCUT2D eigenvalue weighted by Crippen LogP contribution is -2.25. The fourth-order valence-corrected chi connectivity index (χ4v) is 2.84. The summed E-state index contributed by atoms with van der Waals surface area (Å²) >= 11 is 1.19. The minimum atomic E-state index is -0.153. The lowest BCUT2D eigenvalue weighted by atomic mass is 10.0. The van der Waals surface area contributed by atoms with Gasteiger partial charge in [0.05, 0.1) is 11.3 Å². The Hall–Kier alpha value is -1.69. The van der Waals surface area contributed by atoms with E-state index in [-0.39, 0.29) is 22.3 Å². The number of hydrazone groups is 1. The molecule has 1 aromatic carbocycles. The van der Waals surface area contributed by atoms with E-state index in [9.17, 15) is 9.90 Å². The number of aromatic hydroxyl groups is 1. The van der Waals surface area contributed by atoms with Gasteiger partial charge in [0.2, 0.25) is 0 Å². The zero-order valence-electron chi connectivity index (χ0n) is 8.18. The van der Waals surface area contributed by atoms with Crippen molar-refractivity contribution in [2.45, 2.75) is 11.3 Å². The lowest BCUT2D eigenvalue weighted by Gasteiger charge is -2.16. The van der Waals surface area contributed by atoms with Gasteiger partial charge in [-0.1, -0.05) is 30.0 Å². The zero-order chi connectivity index (χ0) is 11.1. The summed E-state index contributed by atoms with van der Waals surface area (Å²) in [4.78, 5) is 11.2. The molecule has 1 amide bonds. The molecule has 1 fully saturated rings. The van der Waals surface area contributed by atoms with Crippen LogP contribution in [0.3, 0.4) is 0 Å². The van der Waals surface area contributed by atoms with E-state index in [2.05, 4.69) is 15.8 Å². The highest BCUT2D eigenvalue weighted by Crippen LogP contribution is 2.37. The first-order chi connectivity index (χ1) is 7.75. The number of carbonyl (C=O) groups excluding carboxylic acids is 1. The first-order valence-electron chi connectivity index (χ1n) is 4.84. The van der Waals surface area contributed by atoms with Crippen LogP contribution >= 0.6 is 11.8 Å². The number of carbonyl (C=O) groups is 1. The molecule has 1 aromatic rings. The van der Waals surface area contributed by atoms with Gasteiger partial charge in [0.15, 0.2) is 0 Å². The molecule has 0 aromatic heterocycles. The maximum Gasteiger partial charge on any atom is 0.285 e. The summed E-state index contributed by atoms with van der Waals surface area (Å²) in [5, 5.41) is 16.3. The van der Waals surface area contributed by atoms with Gasteiger partial charge in [-0.05, 0) is 6.07 Å². The number of benzene rings is 1. The van der Waals surface area contributed by atoms with Crippen LogP contribution in [-0.2, 0) is 0 Å². The zero-order valence-corrected chi connectivity index (χ0v) is 8.99. The second kappa shape index (κ2) is 3.41. The molecule has 0 radical (unpaired) electrons. The van der Waals surface area contributed by atoms with Crippen LogP contribution in [0.15, 0.2) is 29.4 Å². The van der Waals surface area contributed by atoms with E-state index < -0.39 is 0 Å². The summed E-state index contributed by atoms with van der Waals surface area (Å²) in [6.07, 6.45) is 0. The van der Waals surface area contributed by atoms with E-state index in [1.165, 1.54) is 11.8 Å². The summed E-state index contributed by atoms with van der Waals surface area (Å²) in [5.74, 6) is 0.861. The average molecular weight is 235 g/mol. The van der Waals surface area contributed by atoms with Crippen molar-refractivity contribution >= 4 is 22.8 Å². The second-order valence-corrected chi connectivity index (χ2v) is 4.73. The third-order valence-electron chi connectivity index (χ3n) is 2.63. The molecule has 82 valence electrons. The maximum absolute atomic E-state index is 11.2. The maximum atomic E-state index is 11.2. The number of nitrogens with zero attached hydrogens (tertiary/aromatic N) is 1. The van der Waals surface area contributed by atoms with Gasteiger partial charge in [-0.2, -0.15) is 5.10 Å². The number of thioether (sulfide) groups is 1. The van der Waals surface area contributed by atoms with Crippen LogP contribution in [0.5, 0.6) is 5.75 Å². The number of amides is 1. The van der Waals surface area contributed by atoms with E-state index in [0.717, 1.165) is 5.56 Å². The minimum Gasteiger partial charge on any atom is -0.508 e. The van der Waals surface area contributed by atoms with E-state index in [1.54, 1.807) is 12.1 Å². The standard InChI is InChI=1S/C10H9N3O2S/c14-6-4-2-1-3-5(6)7-8-9(13-12-7)11-10(15)16-8/h1-4,7-8,12,14H,(H,11,13,15)/t7-,8-/m0/s1. The van der Waals surface area contributed by atoms with Gasteiger partial charge < -0.3 is 10.4 Å². The van der Waals surface area contributed by atoms with Crippen LogP contribution < -0.4 is 10.7 Å². The molecule has 2 aliphatic heterocycles. The predicted molar refractivity (Wildman–Crippen MR) is 61.3 cm³/mol. The highest BCUT2D eigenvalue weighted by atomic mass is 32.2. The van der Waals surface area contributed by atoms with Crippen LogP contribution in [-0.4, -0.2) is 21.4 Å². The molecule has 5 nitrogen and oxygen atoms in total. The molecule has 0 unspecified atom stereocenters. The van der Waals surface area contributed by atoms with Crippen molar-refractivity contribution in [1.82, 2.24) is 10.7 Å². The molecule has 2 aliphatic rings. The fourth-order valence-electron chi connectivity index (χ4n) is 1.88. The van der Waals surface area contributed by atoms with Gasteiger partial charge >= 0.3 is 0 Å². The Bertz CT molecular complexity index is 489. The van der Waals surface area contributed by atoms with Crippen LogP contribution in [0.4, 0.5) is 4.79 Å². The predicted octanol–water partition coefficient (Wildman–Crippen LogP) is 1.18. The van der Waals surface area contributed by atoms with Crippen LogP contribution in [0.25, 0.3) is 0 Å². The number of para-hydroxylation sites is 1. The molecular formula is C10H9N3O2S. The molecule has 16 heavy (non-hydrogen) atoms. The highest BCUT2D eigenvalue weighted by molar-refractivity contribution is 8.15. The van der Waals surface area contributed by atoms with Crippen molar-refractivity contribution in [2.24, 2.45) is 5.10 Å². The monoisotopic (exact) mass is 235 g/mol. The number of rotatable bonds is 1. The number of fused-ring (bicyclic) bond motifs is 1. The van der Waals surface area contributed by atoms with Gasteiger partial charge in [0.1, 0.15) is 11.6 Å². The quantitative estimate of drug-likeness (QED) is 0.683. The molecule has 0 aliphatic carbocycles. The van der Waals surface area contributed by atoms with Crippen molar-refractivity contribution < 1.29 is 9.90 Å². The molecule has 0 bridgehead atoms. The molecule has 0 spiro atoms.